The van der Waals surface area contributed by atoms with Gasteiger partial charge in [0.25, 0.3) is 0 Å². The Morgan fingerprint density at radius 3 is 1.23 bits per heavy atom. The molecule has 0 bridgehead atoms. The van der Waals surface area contributed by atoms with Crippen molar-refractivity contribution >= 4 is 66.4 Å². The highest BCUT2D eigenvalue weighted by atomic mass is 19.1. The second-order valence-electron chi connectivity index (χ2n) is 14.9. The van der Waals surface area contributed by atoms with Gasteiger partial charge in [0.05, 0.1) is 11.4 Å². The molecule has 0 N–H and O–H groups in total. The largest absolute Gasteiger partial charge is 0.310 e. The average molecular weight is 833 g/mol. The number of hydrogen-bond donors (Lipinski definition) is 0. The maximum Gasteiger partial charge on any atom is 0.125 e. The molecule has 61 heavy (non-hydrogen) atoms. The third-order valence-corrected chi connectivity index (χ3v) is 11.2. The summed E-state index contributed by atoms with van der Waals surface area (Å²) in [6, 6.07) is 34.2. The van der Waals surface area contributed by atoms with E-state index in [4.69, 9.17) is 32.9 Å². The van der Waals surface area contributed by atoms with Gasteiger partial charge in [-0.1, -0.05) is 135 Å². The maximum atomic E-state index is 15.7. The summed E-state index contributed by atoms with van der Waals surface area (Å²) in [5.41, 5.74) is -9.83. The summed E-state index contributed by atoms with van der Waals surface area (Å²) >= 11 is 0. The number of nitrogens with zero attached hydrogens (tertiary/aromatic N) is 2. The smallest absolute Gasteiger partial charge is 0.125 e. The number of benzene rings is 8. The van der Waals surface area contributed by atoms with E-state index in [2.05, 4.69) is 0 Å². The van der Waals surface area contributed by atoms with Crippen LogP contribution in [0.15, 0.2) is 152 Å². The second kappa shape index (κ2) is 16.1. The zero-order valence-corrected chi connectivity index (χ0v) is 33.6. The zero-order valence-electron chi connectivity index (χ0n) is 57.6. The molecule has 0 radical (unpaired) electrons. The van der Waals surface area contributed by atoms with Gasteiger partial charge in [-0.2, -0.15) is 0 Å². The number of fused-ring (bicyclic) bond motifs is 5. The molecule has 0 aliphatic heterocycles. The second-order valence-corrected chi connectivity index (χ2v) is 14.9. The summed E-state index contributed by atoms with van der Waals surface area (Å²) in [4.78, 5) is 3.05. The fraction of sp³-hybridized carbons (Fsp3) is 0.263. The molecule has 2 nitrogen and oxygen atoms in total. The molecule has 0 aliphatic carbocycles. The number of anilines is 6. The minimum atomic E-state index is -3.58. The normalized spacial score (nSPS) is 20.1. The SMILES string of the molecule is [2H]C([2H])([2H])C(c1ccc(N(c2cccc(F)c2)c2cc3c4cc(C(C([2H])([2H])[2H])(C([2H])([2H])[2H])C([2H])([2H])C)ccc4c(N(c4ccc(C(C([2H])([2H])[2H])(C([2H])([2H])[2H])C([2H])([2H])C)cc4)c4cccc(F)c4)cc3c3ccccc23)cc1)(C([2H])([2H])[2H])C([2H])([2H])C. The monoisotopic (exact) mass is 833 g/mol. The first-order chi connectivity index (χ1) is 38.7. The predicted molar refractivity (Wildman–Crippen MR) is 258 cm³/mol. The van der Waals surface area contributed by atoms with E-state index >= 15 is 8.78 Å². The first-order valence-corrected chi connectivity index (χ1v) is 19.5. The van der Waals surface area contributed by atoms with Gasteiger partial charge < -0.3 is 9.80 Å². The third-order valence-electron chi connectivity index (χ3n) is 11.2. The molecule has 0 amide bonds. The van der Waals surface area contributed by atoms with Gasteiger partial charge in [-0.25, -0.2) is 8.78 Å². The standard InChI is InChI=1S/C57H58F2N2/c1-10-55(4,5)38-23-28-43(29-24-38)60(45-19-15-17-41(58)34-45)53-37-52-50-33-40(57(8,9)12-3)27-32-49(50)54(36-51(52)47-21-13-14-22-48(47)53)61(46-20-16-18-42(59)35-46)44-30-25-39(26-31-44)56(6,7)11-2/h13-37H,10-12H2,1-9H3/i4D3,5D3,6D3,7D3,8D3,9D3,10D2,11D2,12D2. The predicted octanol–water partition coefficient (Wildman–Crippen LogP) is 17.4. The van der Waals surface area contributed by atoms with Crippen molar-refractivity contribution in [3.05, 3.63) is 180 Å². The fourth-order valence-electron chi connectivity index (χ4n) is 7.80. The lowest BCUT2D eigenvalue weighted by Gasteiger charge is -2.31. The quantitative estimate of drug-likeness (QED) is 0.113. The molecular formula is C57H58F2N2. The van der Waals surface area contributed by atoms with Crippen molar-refractivity contribution in [1.82, 2.24) is 0 Å². The van der Waals surface area contributed by atoms with E-state index in [0.717, 1.165) is 51.1 Å². The van der Waals surface area contributed by atoms with Crippen molar-refractivity contribution < 1.29 is 41.7 Å². The molecule has 8 rings (SSSR count). The Hall–Kier alpha value is -6.00. The first kappa shape index (κ1) is 21.7. The van der Waals surface area contributed by atoms with Crippen LogP contribution >= 0.6 is 0 Å². The number of hydrogen-bond acceptors (Lipinski definition) is 2. The van der Waals surface area contributed by atoms with Crippen molar-refractivity contribution in [3.63, 3.8) is 0 Å². The number of rotatable bonds is 12. The summed E-state index contributed by atoms with van der Waals surface area (Å²) in [7, 11) is 0. The van der Waals surface area contributed by atoms with Crippen molar-refractivity contribution in [2.24, 2.45) is 0 Å². The molecule has 0 atom stereocenters. The van der Waals surface area contributed by atoms with E-state index in [9.17, 15) is 0 Å². The van der Waals surface area contributed by atoms with Crippen LogP contribution in [0.3, 0.4) is 0 Å². The number of halogens is 2. The summed E-state index contributed by atoms with van der Waals surface area (Å²) < 4.78 is 239. The van der Waals surface area contributed by atoms with Crippen LogP contribution < -0.4 is 9.80 Å². The minimum absolute atomic E-state index is 0.0556. The average Bonchev–Trinajstić information content (AvgIpc) is 0.766. The van der Waals surface area contributed by atoms with Gasteiger partial charge in [0.15, 0.2) is 0 Å². The van der Waals surface area contributed by atoms with Gasteiger partial charge in [0.2, 0.25) is 0 Å². The summed E-state index contributed by atoms with van der Waals surface area (Å²) in [6.07, 6.45) is -8.78. The van der Waals surface area contributed by atoms with Crippen molar-refractivity contribution in [2.45, 2.75) is 97.2 Å². The molecule has 8 aromatic rings. The molecule has 0 spiro atoms. The summed E-state index contributed by atoms with van der Waals surface area (Å²) in [6.45, 7) is -18.4. The fourth-order valence-corrected chi connectivity index (χ4v) is 7.80. The summed E-state index contributed by atoms with van der Waals surface area (Å²) in [5, 5.41) is 1.56. The molecule has 310 valence electrons. The molecule has 0 fully saturated rings. The molecule has 0 aliphatic rings. The molecular weight excluding hydrogens is 751 g/mol. The van der Waals surface area contributed by atoms with Crippen molar-refractivity contribution in [3.8, 4) is 0 Å². The Morgan fingerprint density at radius 2 is 0.787 bits per heavy atom. The van der Waals surface area contributed by atoms with Crippen LogP contribution in [-0.4, -0.2) is 0 Å². The minimum Gasteiger partial charge on any atom is -0.310 e. The molecule has 0 aromatic heterocycles. The Labute approximate surface area is 395 Å². The van der Waals surface area contributed by atoms with Gasteiger partial charge >= 0.3 is 0 Å². The third kappa shape index (κ3) is 7.78. The Morgan fingerprint density at radius 1 is 0.393 bits per heavy atom. The molecule has 0 saturated carbocycles. The highest BCUT2D eigenvalue weighted by Crippen LogP contribution is 2.49. The molecule has 0 saturated heterocycles. The molecule has 0 unspecified atom stereocenters. The van der Waals surface area contributed by atoms with Crippen molar-refractivity contribution in [2.75, 3.05) is 9.80 Å². The van der Waals surface area contributed by atoms with E-state index in [1.165, 1.54) is 89.8 Å². The van der Waals surface area contributed by atoms with Gasteiger partial charge in [-0.3, -0.25) is 0 Å². The van der Waals surface area contributed by atoms with Gasteiger partial charge in [-0.05, 0) is 152 Å². The summed E-state index contributed by atoms with van der Waals surface area (Å²) in [5.74, 6) is -1.45. The van der Waals surface area contributed by atoms with Crippen LogP contribution in [0.5, 0.6) is 0 Å². The Kier molecular flexibility index (Phi) is 5.73. The lowest BCUT2D eigenvalue weighted by molar-refractivity contribution is 0.506. The molecule has 4 heteroatoms. The van der Waals surface area contributed by atoms with Crippen LogP contribution in [0, 0.1) is 11.6 Å². The van der Waals surface area contributed by atoms with Gasteiger partial charge in [0.1, 0.15) is 11.6 Å². The molecule has 0 heterocycles. The Bertz CT molecular complexity index is 3700. The van der Waals surface area contributed by atoms with Gasteiger partial charge in [0, 0.05) is 66.4 Å². The van der Waals surface area contributed by atoms with Crippen molar-refractivity contribution in [1.29, 1.82) is 0 Å². The lowest BCUT2D eigenvalue weighted by atomic mass is 9.80. The van der Waals surface area contributed by atoms with E-state index in [1.807, 2.05) is 0 Å². The highest BCUT2D eigenvalue weighted by Gasteiger charge is 2.26. The van der Waals surface area contributed by atoms with Gasteiger partial charge in [-0.15, -0.1) is 0 Å². The van der Waals surface area contributed by atoms with E-state index in [1.54, 1.807) is 41.3 Å². The first-order valence-electron chi connectivity index (χ1n) is 31.5. The van der Waals surface area contributed by atoms with Crippen LogP contribution in [-0.2, 0) is 16.2 Å². The van der Waals surface area contributed by atoms with E-state index in [0.29, 0.717) is 16.2 Å². The van der Waals surface area contributed by atoms with Crippen LogP contribution in [0.4, 0.5) is 42.9 Å². The van der Waals surface area contributed by atoms with Crippen LogP contribution in [0.25, 0.3) is 32.3 Å². The van der Waals surface area contributed by atoms with E-state index in [-0.39, 0.29) is 50.3 Å². The zero-order chi connectivity index (χ0) is 63.6. The molecule has 8 aromatic carbocycles. The van der Waals surface area contributed by atoms with Crippen LogP contribution in [0.2, 0.25) is 0 Å². The van der Waals surface area contributed by atoms with Crippen LogP contribution in [0.1, 0.15) is 131 Å². The Balaban J connectivity index is 1.56. The lowest BCUT2D eigenvalue weighted by Crippen LogP contribution is -2.17. The van der Waals surface area contributed by atoms with E-state index < -0.39 is 105 Å². The topological polar surface area (TPSA) is 6.48 Å². The highest BCUT2D eigenvalue weighted by molar-refractivity contribution is 6.24. The maximum absolute atomic E-state index is 15.7.